The Bertz CT molecular complexity index is 909. The topological polar surface area (TPSA) is 79.4 Å². The highest BCUT2D eigenvalue weighted by Crippen LogP contribution is 2.12. The zero-order chi connectivity index (χ0) is 17.1. The Morgan fingerprint density at radius 1 is 1.17 bits per heavy atom. The molecule has 0 spiro atoms. The van der Waals surface area contributed by atoms with Gasteiger partial charge in [-0.2, -0.15) is 0 Å². The van der Waals surface area contributed by atoms with Crippen molar-refractivity contribution in [1.82, 2.24) is 15.3 Å². The van der Waals surface area contributed by atoms with Crippen LogP contribution in [0.3, 0.4) is 0 Å². The van der Waals surface area contributed by atoms with Gasteiger partial charge >= 0.3 is 11.7 Å². The third-order valence-corrected chi connectivity index (χ3v) is 3.63. The molecule has 7 heteroatoms. The smallest absolute Gasteiger partial charge is 0.378 e. The molecule has 0 atom stereocenters. The van der Waals surface area contributed by atoms with Crippen LogP contribution in [0.15, 0.2) is 53.3 Å². The minimum atomic E-state index is -0.708. The van der Waals surface area contributed by atoms with Crippen LogP contribution in [0, 0.1) is 0 Å². The number of fused-ring (bicyclic) bond motifs is 1. The monoisotopic (exact) mass is 326 g/mol. The lowest BCUT2D eigenvalue weighted by Crippen LogP contribution is -2.36. The molecule has 0 fully saturated rings. The van der Waals surface area contributed by atoms with E-state index in [2.05, 4.69) is 10.4 Å². The lowest BCUT2D eigenvalue weighted by Gasteiger charge is -2.12. The van der Waals surface area contributed by atoms with Crippen LogP contribution < -0.4 is 20.6 Å². The Hall–Kier alpha value is -3.22. The number of para-hydroxylation sites is 1. The molecular formula is C17H18N4O3. The van der Waals surface area contributed by atoms with Gasteiger partial charge in [0.1, 0.15) is 0 Å². The first-order valence-electron chi connectivity index (χ1n) is 7.47. The number of H-pyrrole nitrogens is 1. The SMILES string of the molecule is CN(C)c1ccc(CNC(=O)On2[nH]c3ccccc3c2=O)cc1. The van der Waals surface area contributed by atoms with Crippen molar-refractivity contribution in [3.05, 3.63) is 64.4 Å². The van der Waals surface area contributed by atoms with Gasteiger partial charge in [-0.25, -0.2) is 4.79 Å². The van der Waals surface area contributed by atoms with Gasteiger partial charge in [0.25, 0.3) is 0 Å². The Balaban J connectivity index is 1.63. The highest BCUT2D eigenvalue weighted by molar-refractivity contribution is 5.77. The summed E-state index contributed by atoms with van der Waals surface area (Å²) < 4.78 is 0. The summed E-state index contributed by atoms with van der Waals surface area (Å²) in [6.45, 7) is 0.307. The third-order valence-electron chi connectivity index (χ3n) is 3.63. The molecule has 1 amide bonds. The number of benzene rings is 2. The number of nitrogens with zero attached hydrogens (tertiary/aromatic N) is 2. The number of rotatable bonds is 4. The quantitative estimate of drug-likeness (QED) is 0.765. The number of anilines is 1. The van der Waals surface area contributed by atoms with Gasteiger partial charge in [-0.05, 0) is 29.8 Å². The minimum Gasteiger partial charge on any atom is -0.378 e. The van der Waals surface area contributed by atoms with Crippen molar-refractivity contribution in [3.63, 3.8) is 0 Å². The second-order valence-electron chi connectivity index (χ2n) is 5.55. The van der Waals surface area contributed by atoms with E-state index >= 15 is 0 Å². The van der Waals surface area contributed by atoms with Crippen molar-refractivity contribution in [1.29, 1.82) is 0 Å². The van der Waals surface area contributed by atoms with E-state index in [1.165, 1.54) is 0 Å². The van der Waals surface area contributed by atoms with Crippen molar-refractivity contribution in [2.75, 3.05) is 19.0 Å². The Morgan fingerprint density at radius 3 is 2.54 bits per heavy atom. The number of hydrogen-bond donors (Lipinski definition) is 2. The number of aromatic amines is 1. The normalized spacial score (nSPS) is 10.6. The maximum absolute atomic E-state index is 12.1. The fraction of sp³-hybridized carbons (Fsp3) is 0.176. The van der Waals surface area contributed by atoms with Crippen molar-refractivity contribution in [3.8, 4) is 0 Å². The summed E-state index contributed by atoms with van der Waals surface area (Å²) in [6.07, 6.45) is -0.708. The van der Waals surface area contributed by atoms with E-state index in [0.29, 0.717) is 17.4 Å². The number of hydrogen-bond acceptors (Lipinski definition) is 4. The predicted octanol–water partition coefficient (Wildman–Crippen LogP) is 1.73. The molecular weight excluding hydrogens is 308 g/mol. The molecule has 1 heterocycles. The highest BCUT2D eigenvalue weighted by Gasteiger charge is 2.10. The molecule has 0 saturated carbocycles. The van der Waals surface area contributed by atoms with Crippen LogP contribution in [0.5, 0.6) is 0 Å². The van der Waals surface area contributed by atoms with Crippen LogP contribution in [0.25, 0.3) is 10.9 Å². The van der Waals surface area contributed by atoms with Gasteiger partial charge in [-0.15, -0.1) is 0 Å². The number of aromatic nitrogens is 2. The fourth-order valence-corrected chi connectivity index (χ4v) is 2.30. The molecule has 7 nitrogen and oxygen atoms in total. The predicted molar refractivity (Wildman–Crippen MR) is 92.1 cm³/mol. The Kier molecular flexibility index (Phi) is 4.24. The standard InChI is InChI=1S/C17H18N4O3/c1-20(2)13-9-7-12(8-10-13)11-18-17(23)24-21-16(22)14-5-3-4-6-15(14)19-21/h3-10,19H,11H2,1-2H3,(H,18,23). The van der Waals surface area contributed by atoms with Crippen molar-refractivity contribution in [2.24, 2.45) is 0 Å². The lowest BCUT2D eigenvalue weighted by molar-refractivity contribution is 0.112. The molecule has 0 aliphatic rings. The van der Waals surface area contributed by atoms with Crippen LogP contribution >= 0.6 is 0 Å². The van der Waals surface area contributed by atoms with Crippen LogP contribution in [-0.2, 0) is 6.54 Å². The summed E-state index contributed by atoms with van der Waals surface area (Å²) in [4.78, 5) is 31.8. The molecule has 0 saturated heterocycles. The van der Waals surface area contributed by atoms with Crippen molar-refractivity contribution in [2.45, 2.75) is 6.54 Å². The zero-order valence-electron chi connectivity index (χ0n) is 13.4. The first-order valence-corrected chi connectivity index (χ1v) is 7.47. The summed E-state index contributed by atoms with van der Waals surface area (Å²) in [5, 5.41) is 5.80. The average Bonchev–Trinajstić information content (AvgIpc) is 2.89. The van der Waals surface area contributed by atoms with Crippen LogP contribution in [-0.4, -0.2) is 30.1 Å². The highest BCUT2D eigenvalue weighted by atomic mass is 16.7. The van der Waals surface area contributed by atoms with Crippen LogP contribution in [0.4, 0.5) is 10.5 Å². The third kappa shape index (κ3) is 3.24. The van der Waals surface area contributed by atoms with E-state index in [1.54, 1.807) is 24.3 Å². The lowest BCUT2D eigenvalue weighted by atomic mass is 10.2. The van der Waals surface area contributed by atoms with Gasteiger partial charge in [0.15, 0.2) is 0 Å². The van der Waals surface area contributed by atoms with Gasteiger partial charge in [0.05, 0.1) is 10.9 Å². The van der Waals surface area contributed by atoms with E-state index in [-0.39, 0.29) is 0 Å². The first-order chi connectivity index (χ1) is 11.5. The molecule has 2 aromatic carbocycles. The molecule has 1 aromatic heterocycles. The molecule has 0 radical (unpaired) electrons. The van der Waals surface area contributed by atoms with Crippen LogP contribution in [0.1, 0.15) is 5.56 Å². The molecule has 0 aliphatic carbocycles. The van der Waals surface area contributed by atoms with Gasteiger partial charge in [0, 0.05) is 26.3 Å². The second-order valence-corrected chi connectivity index (χ2v) is 5.55. The summed E-state index contributed by atoms with van der Waals surface area (Å²) in [6, 6.07) is 14.7. The van der Waals surface area contributed by atoms with Gasteiger partial charge < -0.3 is 10.2 Å². The maximum atomic E-state index is 12.1. The molecule has 3 rings (SSSR count). The summed E-state index contributed by atoms with van der Waals surface area (Å²) in [5.74, 6) is 0. The molecule has 0 bridgehead atoms. The number of nitrogens with one attached hydrogen (secondary N) is 2. The van der Waals surface area contributed by atoms with Crippen molar-refractivity contribution < 1.29 is 9.63 Å². The summed E-state index contributed by atoms with van der Waals surface area (Å²) >= 11 is 0. The van der Waals surface area contributed by atoms with E-state index in [4.69, 9.17) is 4.84 Å². The summed E-state index contributed by atoms with van der Waals surface area (Å²) in [7, 11) is 3.92. The molecule has 24 heavy (non-hydrogen) atoms. The second kappa shape index (κ2) is 6.49. The van der Waals surface area contributed by atoms with Gasteiger partial charge in [-0.1, -0.05) is 29.1 Å². The zero-order valence-corrected chi connectivity index (χ0v) is 13.4. The largest absolute Gasteiger partial charge is 0.433 e. The minimum absolute atomic E-state index is 0.307. The van der Waals surface area contributed by atoms with Gasteiger partial charge in [-0.3, -0.25) is 14.7 Å². The van der Waals surface area contributed by atoms with Crippen LogP contribution in [0.2, 0.25) is 0 Å². The fourth-order valence-electron chi connectivity index (χ4n) is 2.30. The van der Waals surface area contributed by atoms with Gasteiger partial charge in [0.2, 0.25) is 0 Å². The average molecular weight is 326 g/mol. The van der Waals surface area contributed by atoms with E-state index < -0.39 is 11.7 Å². The van der Waals surface area contributed by atoms with E-state index in [9.17, 15) is 9.59 Å². The van der Waals surface area contributed by atoms with E-state index in [0.717, 1.165) is 16.1 Å². The van der Waals surface area contributed by atoms with Crippen molar-refractivity contribution >= 4 is 22.7 Å². The number of carbonyl (C=O) groups is 1. The maximum Gasteiger partial charge on any atom is 0.433 e. The molecule has 124 valence electrons. The Morgan fingerprint density at radius 2 is 1.88 bits per heavy atom. The first kappa shape index (κ1) is 15.7. The Labute approximate surface area is 138 Å². The number of amides is 1. The molecule has 3 aromatic rings. The summed E-state index contributed by atoms with van der Waals surface area (Å²) in [5.41, 5.74) is 2.21. The molecule has 2 N–H and O–H groups in total. The van der Waals surface area contributed by atoms with E-state index in [1.807, 2.05) is 43.3 Å². The number of carbonyl (C=O) groups excluding carboxylic acids is 1. The molecule has 0 aliphatic heterocycles. The molecule has 0 unspecified atom stereocenters.